The average molecular weight is 325 g/mol. The van der Waals surface area contributed by atoms with Crippen LogP contribution in [-0.4, -0.2) is 5.52 Å². The topological polar surface area (TPSA) is 17.1 Å². The molecule has 0 saturated heterocycles. The summed E-state index contributed by atoms with van der Waals surface area (Å²) < 4.78 is 0. The maximum absolute atomic E-state index is 12.9. The maximum atomic E-state index is 12.9. The molecule has 0 aromatic heterocycles. The molecule has 0 amide bonds. The number of hydrogen-bond acceptors (Lipinski definition) is 1. The van der Waals surface area contributed by atoms with Gasteiger partial charge in [-0.25, -0.2) is 0 Å². The van der Waals surface area contributed by atoms with Crippen LogP contribution in [0.4, 0.5) is 0 Å². The first kappa shape index (κ1) is 18.7. The molecule has 0 fully saturated rings. The van der Waals surface area contributed by atoms with Gasteiger partial charge in [-0.2, -0.15) is 0 Å². The molecule has 3 heteroatoms. The molecule has 0 saturated carbocycles. The summed E-state index contributed by atoms with van der Waals surface area (Å²) >= 11 is 0. The Morgan fingerprint density at radius 3 is 2.00 bits per heavy atom. The fraction of sp³-hybridized carbons (Fsp3) is 0.0952. The van der Waals surface area contributed by atoms with Crippen molar-refractivity contribution in [3.63, 3.8) is 0 Å². The standard InChI is InChI=1S/C21H19OP.Li/c1-15-9-8-10-16(2)20(15)21(22)23-19-14-7-6-13-18(19)17-11-4-3-5-12-17;/h3-14,23H,1-2H3;/q;+1. The van der Waals surface area contributed by atoms with Gasteiger partial charge in [0.05, 0.1) is 0 Å². The van der Waals surface area contributed by atoms with Crippen LogP contribution in [0.2, 0.25) is 0 Å². The van der Waals surface area contributed by atoms with Crippen molar-refractivity contribution in [2.45, 2.75) is 13.8 Å². The number of benzene rings is 3. The smallest absolute Gasteiger partial charge is 0.289 e. The Morgan fingerprint density at radius 1 is 0.750 bits per heavy atom. The van der Waals surface area contributed by atoms with Crippen molar-refractivity contribution in [2.75, 3.05) is 0 Å². The van der Waals surface area contributed by atoms with Gasteiger partial charge in [-0.1, -0.05) is 72.8 Å². The van der Waals surface area contributed by atoms with Crippen molar-refractivity contribution < 1.29 is 23.7 Å². The van der Waals surface area contributed by atoms with E-state index in [1.807, 2.05) is 62.4 Å². The predicted octanol–water partition coefficient (Wildman–Crippen LogP) is 2.12. The fourth-order valence-electron chi connectivity index (χ4n) is 2.82. The van der Waals surface area contributed by atoms with Crippen LogP contribution in [0.3, 0.4) is 0 Å². The molecule has 24 heavy (non-hydrogen) atoms. The monoisotopic (exact) mass is 325 g/mol. The minimum atomic E-state index is 0. The Hall–Kier alpha value is -1.64. The number of carbonyl (C=O) groups is 1. The Balaban J connectivity index is 0.00000208. The van der Waals surface area contributed by atoms with E-state index in [1.165, 1.54) is 0 Å². The van der Waals surface area contributed by atoms with Crippen LogP contribution in [0.1, 0.15) is 21.5 Å². The first-order valence-corrected chi connectivity index (χ1v) is 8.69. The van der Waals surface area contributed by atoms with Crippen molar-refractivity contribution >= 4 is 19.4 Å². The minimum Gasteiger partial charge on any atom is -0.289 e. The normalized spacial score (nSPS) is 10.6. The largest absolute Gasteiger partial charge is 1.00 e. The van der Waals surface area contributed by atoms with E-state index in [1.54, 1.807) is 0 Å². The third-order valence-electron chi connectivity index (χ3n) is 3.97. The van der Waals surface area contributed by atoms with Crippen LogP contribution in [0.5, 0.6) is 0 Å². The summed E-state index contributed by atoms with van der Waals surface area (Å²) in [6.45, 7) is 4.02. The van der Waals surface area contributed by atoms with Gasteiger partial charge in [0, 0.05) is 5.56 Å². The van der Waals surface area contributed by atoms with Crippen molar-refractivity contribution in [3.8, 4) is 11.1 Å². The third-order valence-corrected chi connectivity index (χ3v) is 5.15. The second kappa shape index (κ2) is 8.45. The second-order valence-corrected chi connectivity index (χ2v) is 6.88. The van der Waals surface area contributed by atoms with E-state index in [4.69, 9.17) is 0 Å². The van der Waals surface area contributed by atoms with Gasteiger partial charge in [0.2, 0.25) is 0 Å². The van der Waals surface area contributed by atoms with Crippen LogP contribution in [0.25, 0.3) is 11.1 Å². The molecule has 0 bridgehead atoms. The molecule has 0 radical (unpaired) electrons. The Labute approximate surface area is 157 Å². The molecule has 0 aliphatic carbocycles. The van der Waals surface area contributed by atoms with Gasteiger partial charge in [-0.3, -0.25) is 4.79 Å². The molecule has 0 N–H and O–H groups in total. The van der Waals surface area contributed by atoms with E-state index < -0.39 is 0 Å². The first-order chi connectivity index (χ1) is 11.2. The number of rotatable bonds is 4. The summed E-state index contributed by atoms with van der Waals surface area (Å²) in [7, 11) is 0.134. The van der Waals surface area contributed by atoms with Crippen LogP contribution in [0, 0.1) is 13.8 Å². The van der Waals surface area contributed by atoms with Gasteiger partial charge in [0.15, 0.2) is 5.52 Å². The zero-order valence-corrected chi connectivity index (χ0v) is 15.3. The molecule has 3 aromatic rings. The summed E-state index contributed by atoms with van der Waals surface area (Å²) in [5, 5.41) is 1.10. The molecule has 0 aliphatic rings. The number of aryl methyl sites for hydroxylation is 2. The van der Waals surface area contributed by atoms with Gasteiger partial charge >= 0.3 is 18.9 Å². The number of hydrogen-bond donors (Lipinski definition) is 0. The SMILES string of the molecule is Cc1cccc(C)c1C(=O)Pc1ccccc1-c1ccccc1.[Li+]. The predicted molar refractivity (Wildman–Crippen MR) is 100 cm³/mol. The number of carbonyl (C=O) groups excluding carboxylic acids is 1. The van der Waals surface area contributed by atoms with E-state index in [2.05, 4.69) is 24.3 Å². The first-order valence-electron chi connectivity index (χ1n) is 7.69. The summed E-state index contributed by atoms with van der Waals surface area (Å²) in [4.78, 5) is 12.9. The molecule has 1 nitrogen and oxygen atoms in total. The molecule has 1 atom stereocenters. The Bertz CT molecular complexity index is 823. The van der Waals surface area contributed by atoms with Crippen LogP contribution >= 0.6 is 8.58 Å². The average Bonchev–Trinajstić information content (AvgIpc) is 2.56. The maximum Gasteiger partial charge on any atom is 1.00 e. The van der Waals surface area contributed by atoms with Gasteiger partial charge < -0.3 is 0 Å². The van der Waals surface area contributed by atoms with Crippen LogP contribution in [-0.2, 0) is 0 Å². The molecule has 0 aliphatic heterocycles. The van der Waals surface area contributed by atoms with Crippen molar-refractivity contribution in [1.82, 2.24) is 0 Å². The molecule has 3 rings (SSSR count). The quantitative estimate of drug-likeness (QED) is 0.530. The van der Waals surface area contributed by atoms with Gasteiger partial charge in [0.1, 0.15) is 0 Å². The molecule has 3 aromatic carbocycles. The van der Waals surface area contributed by atoms with Gasteiger partial charge in [-0.15, -0.1) is 0 Å². The summed E-state index contributed by atoms with van der Waals surface area (Å²) in [5.74, 6) is 0. The summed E-state index contributed by atoms with van der Waals surface area (Å²) in [5.41, 5.74) is 5.49. The van der Waals surface area contributed by atoms with E-state index in [9.17, 15) is 4.79 Å². The van der Waals surface area contributed by atoms with Gasteiger partial charge in [0.25, 0.3) is 0 Å². The Kier molecular flexibility index (Phi) is 6.58. The van der Waals surface area contributed by atoms with Gasteiger partial charge in [-0.05, 0) is 50.0 Å². The van der Waals surface area contributed by atoms with Crippen molar-refractivity contribution in [2.24, 2.45) is 0 Å². The fourth-order valence-corrected chi connectivity index (χ4v) is 4.12. The van der Waals surface area contributed by atoms with E-state index >= 15 is 0 Å². The van der Waals surface area contributed by atoms with Crippen molar-refractivity contribution in [1.29, 1.82) is 0 Å². The molecule has 0 heterocycles. The molecule has 1 unspecified atom stereocenters. The Morgan fingerprint density at radius 2 is 1.33 bits per heavy atom. The van der Waals surface area contributed by atoms with Crippen molar-refractivity contribution in [3.05, 3.63) is 89.5 Å². The van der Waals surface area contributed by atoms with Crippen LogP contribution < -0.4 is 24.2 Å². The molecular formula is C21H19LiOP+. The van der Waals surface area contributed by atoms with Crippen LogP contribution in [0.15, 0.2) is 72.8 Å². The van der Waals surface area contributed by atoms with E-state index in [0.717, 1.165) is 33.1 Å². The zero-order chi connectivity index (χ0) is 16.2. The zero-order valence-electron chi connectivity index (χ0n) is 14.3. The van der Waals surface area contributed by atoms with E-state index in [-0.39, 0.29) is 33.0 Å². The summed E-state index contributed by atoms with van der Waals surface area (Å²) in [6.07, 6.45) is 0. The third kappa shape index (κ3) is 4.06. The molecule has 114 valence electrons. The van der Waals surface area contributed by atoms with E-state index in [0.29, 0.717) is 0 Å². The molecular weight excluding hydrogens is 306 g/mol. The molecule has 0 spiro atoms. The minimum absolute atomic E-state index is 0. The summed E-state index contributed by atoms with van der Waals surface area (Å²) in [6, 6.07) is 24.5. The second-order valence-electron chi connectivity index (χ2n) is 5.63.